The third-order valence-corrected chi connectivity index (χ3v) is 8.34. The fraction of sp³-hybridized carbons (Fsp3) is 0.448. The van der Waals surface area contributed by atoms with E-state index in [2.05, 4.69) is 28.1 Å². The molecule has 194 valence electrons. The second-order valence-electron chi connectivity index (χ2n) is 10.4. The second-order valence-corrected chi connectivity index (χ2v) is 10.4. The first-order chi connectivity index (χ1) is 18.0. The first-order valence-electron chi connectivity index (χ1n) is 13.2. The lowest BCUT2D eigenvalue weighted by Crippen LogP contribution is -2.67. The molecule has 0 radical (unpaired) electrons. The zero-order chi connectivity index (χ0) is 25.6. The molecule has 2 saturated heterocycles. The Morgan fingerprint density at radius 2 is 1.81 bits per heavy atom. The molecule has 3 aliphatic heterocycles. The highest BCUT2D eigenvalue weighted by Gasteiger charge is 2.56. The van der Waals surface area contributed by atoms with Gasteiger partial charge in [-0.2, -0.15) is 0 Å². The lowest BCUT2D eigenvalue weighted by Gasteiger charge is -2.51. The van der Waals surface area contributed by atoms with Gasteiger partial charge in [-0.25, -0.2) is 0 Å². The van der Waals surface area contributed by atoms with Crippen LogP contribution in [0.25, 0.3) is 10.9 Å². The van der Waals surface area contributed by atoms with E-state index >= 15 is 0 Å². The van der Waals surface area contributed by atoms with Crippen molar-refractivity contribution in [2.75, 3.05) is 59.6 Å². The smallest absolute Gasteiger partial charge is 0.254 e. The van der Waals surface area contributed by atoms with Gasteiger partial charge in [0.15, 0.2) is 5.54 Å². The molecule has 3 aromatic rings. The largest absolute Gasteiger partial charge is 0.497 e. The average molecular weight is 503 g/mol. The molecule has 4 heterocycles. The fourth-order valence-corrected chi connectivity index (χ4v) is 6.30. The van der Waals surface area contributed by atoms with E-state index in [1.54, 1.807) is 16.9 Å². The number of nitrogens with zero attached hydrogens (tertiary/aromatic N) is 3. The number of morpholine rings is 1. The highest BCUT2D eigenvalue weighted by atomic mass is 16.5. The van der Waals surface area contributed by atoms with E-state index in [9.17, 15) is 9.59 Å². The van der Waals surface area contributed by atoms with Crippen LogP contribution >= 0.6 is 0 Å². The van der Waals surface area contributed by atoms with E-state index in [4.69, 9.17) is 9.47 Å². The number of nitrogens with one attached hydrogen (secondary N) is 1. The van der Waals surface area contributed by atoms with Crippen LogP contribution in [0.5, 0.6) is 5.75 Å². The van der Waals surface area contributed by atoms with Crippen molar-refractivity contribution >= 4 is 22.7 Å². The number of fused-ring (bicyclic) bond motifs is 5. The molecule has 0 bridgehead atoms. The highest BCUT2D eigenvalue weighted by molar-refractivity contribution is 6.01. The van der Waals surface area contributed by atoms with Gasteiger partial charge in [-0.15, -0.1) is 0 Å². The molecule has 0 spiro atoms. The number of carbonyl (C=O) groups is 2. The molecule has 8 heteroatoms. The van der Waals surface area contributed by atoms with Gasteiger partial charge < -0.3 is 24.3 Å². The van der Waals surface area contributed by atoms with Gasteiger partial charge in [0.1, 0.15) is 5.75 Å². The second kappa shape index (κ2) is 9.50. The van der Waals surface area contributed by atoms with Crippen molar-refractivity contribution in [3.05, 3.63) is 65.4 Å². The number of rotatable bonds is 6. The number of aromatic nitrogens is 1. The highest BCUT2D eigenvalue weighted by Crippen LogP contribution is 2.48. The quantitative estimate of drug-likeness (QED) is 0.561. The molecular formula is C29H34N4O4. The Morgan fingerprint density at radius 3 is 2.57 bits per heavy atom. The number of amides is 2. The molecule has 0 saturated carbocycles. The molecule has 37 heavy (non-hydrogen) atoms. The van der Waals surface area contributed by atoms with Crippen molar-refractivity contribution in [1.82, 2.24) is 19.7 Å². The monoisotopic (exact) mass is 502 g/mol. The summed E-state index contributed by atoms with van der Waals surface area (Å²) in [6.07, 6.45) is 0.836. The van der Waals surface area contributed by atoms with Crippen LogP contribution in [0, 0.1) is 0 Å². The van der Waals surface area contributed by atoms with Crippen LogP contribution in [-0.4, -0.2) is 91.1 Å². The van der Waals surface area contributed by atoms with Gasteiger partial charge in [-0.05, 0) is 42.7 Å². The van der Waals surface area contributed by atoms with Crippen molar-refractivity contribution < 1.29 is 19.1 Å². The van der Waals surface area contributed by atoms with Crippen molar-refractivity contribution in [2.24, 2.45) is 0 Å². The van der Waals surface area contributed by atoms with Crippen LogP contribution in [0.1, 0.15) is 36.1 Å². The molecule has 0 aliphatic carbocycles. The number of hydrogen-bond acceptors (Lipinski definition) is 5. The zero-order valence-electron chi connectivity index (χ0n) is 21.5. The van der Waals surface area contributed by atoms with E-state index in [0.717, 1.165) is 72.7 Å². The number of benzene rings is 2. The van der Waals surface area contributed by atoms with E-state index in [0.29, 0.717) is 13.1 Å². The number of H-pyrrole nitrogens is 1. The maximum atomic E-state index is 14.1. The first kappa shape index (κ1) is 24.0. The summed E-state index contributed by atoms with van der Waals surface area (Å²) in [5, 5.41) is 1.10. The summed E-state index contributed by atoms with van der Waals surface area (Å²) in [5.74, 6) is 0.738. The van der Waals surface area contributed by atoms with Crippen LogP contribution in [0.4, 0.5) is 0 Å². The molecule has 2 amide bonds. The number of carbonyl (C=O) groups excluding carboxylic acids is 2. The minimum Gasteiger partial charge on any atom is -0.497 e. The number of aromatic amines is 1. The lowest BCUT2D eigenvalue weighted by molar-refractivity contribution is -0.166. The van der Waals surface area contributed by atoms with Crippen LogP contribution in [0.2, 0.25) is 0 Å². The van der Waals surface area contributed by atoms with E-state index in [1.807, 2.05) is 37.3 Å². The number of methoxy groups -OCH3 is 1. The lowest BCUT2D eigenvalue weighted by atomic mass is 9.76. The standard InChI is InChI=1S/C29H34N4O4/c1-29-27-26(22-6-3-4-7-24(22)30-27)23(20-8-10-21(36-2)11-9-20)18-33(29)25(34)19-32(28(29)35)13-5-12-31-14-16-37-17-15-31/h3-4,6-11,23,30H,5,12-19H2,1-2H3. The molecular weight excluding hydrogens is 468 g/mol. The average Bonchev–Trinajstić information content (AvgIpc) is 3.33. The molecule has 1 N–H and O–H groups in total. The Hall–Kier alpha value is -3.36. The molecule has 8 nitrogen and oxygen atoms in total. The summed E-state index contributed by atoms with van der Waals surface area (Å²) in [6, 6.07) is 16.2. The summed E-state index contributed by atoms with van der Waals surface area (Å²) in [7, 11) is 1.66. The zero-order valence-corrected chi connectivity index (χ0v) is 21.5. The number of piperazine rings is 1. The van der Waals surface area contributed by atoms with Gasteiger partial charge in [0.25, 0.3) is 5.91 Å². The third kappa shape index (κ3) is 3.99. The molecule has 2 aromatic carbocycles. The SMILES string of the molecule is COc1ccc(C2CN3C(=O)CN(CCCN4CCOCC4)C(=O)C3(C)c3[nH]c4ccccc4c32)cc1. The van der Waals surface area contributed by atoms with Crippen LogP contribution < -0.4 is 4.74 Å². The summed E-state index contributed by atoms with van der Waals surface area (Å²) >= 11 is 0. The Labute approximate surface area is 217 Å². The minimum absolute atomic E-state index is 0.00343. The number of ether oxygens (including phenoxy) is 2. The Bertz CT molecular complexity index is 1310. The third-order valence-electron chi connectivity index (χ3n) is 8.34. The summed E-state index contributed by atoms with van der Waals surface area (Å²) in [5.41, 5.74) is 2.96. The predicted molar refractivity (Wildman–Crippen MR) is 141 cm³/mol. The molecule has 1 aromatic heterocycles. The fourth-order valence-electron chi connectivity index (χ4n) is 6.30. The van der Waals surface area contributed by atoms with Crippen molar-refractivity contribution in [2.45, 2.75) is 24.8 Å². The minimum atomic E-state index is -1.06. The summed E-state index contributed by atoms with van der Waals surface area (Å²) in [4.78, 5) is 37.3. The predicted octanol–water partition coefficient (Wildman–Crippen LogP) is 2.93. The molecule has 2 atom stereocenters. The van der Waals surface area contributed by atoms with Gasteiger partial charge in [0.2, 0.25) is 5.91 Å². The summed E-state index contributed by atoms with van der Waals surface area (Å²) in [6.45, 7) is 7.33. The maximum absolute atomic E-state index is 14.1. The van der Waals surface area contributed by atoms with Gasteiger partial charge in [-0.3, -0.25) is 14.5 Å². The van der Waals surface area contributed by atoms with Crippen LogP contribution in [0.3, 0.4) is 0 Å². The Kier molecular flexibility index (Phi) is 6.16. The van der Waals surface area contributed by atoms with Crippen LogP contribution in [0.15, 0.2) is 48.5 Å². The van der Waals surface area contributed by atoms with Crippen molar-refractivity contribution in [1.29, 1.82) is 0 Å². The van der Waals surface area contributed by atoms with E-state index in [1.165, 1.54) is 0 Å². The maximum Gasteiger partial charge on any atom is 0.254 e. The molecule has 3 aliphatic rings. The van der Waals surface area contributed by atoms with Gasteiger partial charge in [0.05, 0.1) is 32.6 Å². The molecule has 2 unspecified atom stereocenters. The Morgan fingerprint density at radius 1 is 1.05 bits per heavy atom. The normalized spacial score (nSPS) is 24.3. The first-order valence-corrected chi connectivity index (χ1v) is 13.2. The van der Waals surface area contributed by atoms with Crippen LogP contribution in [-0.2, 0) is 19.9 Å². The Balaban J connectivity index is 1.36. The summed E-state index contributed by atoms with van der Waals surface area (Å²) < 4.78 is 10.8. The number of para-hydroxylation sites is 1. The van der Waals surface area contributed by atoms with E-state index < -0.39 is 5.54 Å². The molecule has 6 rings (SSSR count). The van der Waals surface area contributed by atoms with Crippen molar-refractivity contribution in [3.63, 3.8) is 0 Å². The van der Waals surface area contributed by atoms with Crippen molar-refractivity contribution in [3.8, 4) is 5.75 Å². The molecule has 2 fully saturated rings. The van der Waals surface area contributed by atoms with Gasteiger partial charge in [-0.1, -0.05) is 30.3 Å². The van der Waals surface area contributed by atoms with Gasteiger partial charge >= 0.3 is 0 Å². The van der Waals surface area contributed by atoms with E-state index in [-0.39, 0.29) is 24.3 Å². The number of hydrogen-bond donors (Lipinski definition) is 1. The topological polar surface area (TPSA) is 78.1 Å². The van der Waals surface area contributed by atoms with Gasteiger partial charge in [0, 0.05) is 49.5 Å².